The quantitative estimate of drug-likeness (QED) is 0.0164. The van der Waals surface area contributed by atoms with Gasteiger partial charge in [0.25, 0.3) is 0 Å². The van der Waals surface area contributed by atoms with Crippen LogP contribution in [0.2, 0.25) is 0 Å². The molecule has 14 amide bonds. The minimum atomic E-state index is -1.90. The predicted octanol–water partition coefficient (Wildman–Crippen LogP) is -9.45. The van der Waals surface area contributed by atoms with Crippen molar-refractivity contribution in [1.82, 2.24) is 69.1 Å². The van der Waals surface area contributed by atoms with E-state index in [0.29, 0.717) is 31.2 Å². The van der Waals surface area contributed by atoms with E-state index in [1.807, 2.05) is 0 Å². The number of amides is 14. The number of aliphatic hydroxyl groups excluding tert-OH is 2. The second-order valence-corrected chi connectivity index (χ2v) is 26.0. The summed E-state index contributed by atoms with van der Waals surface area (Å²) in [7, 11) is 0. The molecule has 0 bridgehead atoms. The van der Waals surface area contributed by atoms with Crippen molar-refractivity contribution in [3.05, 3.63) is 35.9 Å². The fourth-order valence-electron chi connectivity index (χ4n) is 10.9. The number of hydrogen-bond acceptors (Lipinski definition) is 21. The molecule has 1 saturated carbocycles. The third-order valence-corrected chi connectivity index (χ3v) is 17.3. The Hall–Kier alpha value is -11.0. The zero-order valence-electron chi connectivity index (χ0n) is 61.5. The fourth-order valence-corrected chi connectivity index (χ4v) is 10.9. The highest BCUT2D eigenvalue weighted by Gasteiger charge is 2.37. The summed E-state index contributed by atoms with van der Waals surface area (Å²) < 4.78 is 0. The van der Waals surface area contributed by atoms with Crippen LogP contribution in [0, 0.1) is 17.8 Å². The molecule has 1 fully saturated rings. The number of nitrogens with two attached hydrogens (primary N) is 8. The summed E-state index contributed by atoms with van der Waals surface area (Å²) >= 11 is 0. The average Bonchev–Trinajstić information content (AvgIpc) is 0.856. The third kappa shape index (κ3) is 37.3. The maximum Gasteiger partial charge on any atom is 0.305 e. The van der Waals surface area contributed by atoms with Gasteiger partial charge in [0.15, 0.2) is 17.9 Å². The van der Waals surface area contributed by atoms with Gasteiger partial charge in [0.1, 0.15) is 54.4 Å². The number of aliphatic carboxylic acids is 1. The number of aliphatic hydroxyl groups is 2. The highest BCUT2D eigenvalue weighted by atomic mass is 16.4. The summed E-state index contributed by atoms with van der Waals surface area (Å²) in [6.07, 6.45) is 3.62. The Kier molecular flexibility index (Phi) is 43.5. The lowest BCUT2D eigenvalue weighted by atomic mass is 9.84. The highest BCUT2D eigenvalue weighted by molar-refractivity contribution is 6.00. The molecule has 42 nitrogen and oxygen atoms in total. The molecule has 0 aromatic heterocycles. The Bertz CT molecular complexity index is 3260. The van der Waals surface area contributed by atoms with E-state index in [2.05, 4.69) is 84.1 Å². The van der Waals surface area contributed by atoms with E-state index in [0.717, 1.165) is 19.3 Å². The number of nitrogens with zero attached hydrogens (tertiary/aromatic N) is 3. The number of nitrogens with one attached hydrogen (secondary N) is 13. The molecule has 12 atom stereocenters. The molecule has 0 heterocycles. The van der Waals surface area contributed by atoms with Crippen LogP contribution < -0.4 is 115 Å². The van der Waals surface area contributed by atoms with Gasteiger partial charge in [-0.1, -0.05) is 103 Å². The van der Waals surface area contributed by atoms with Crippen molar-refractivity contribution in [2.45, 2.75) is 191 Å². The van der Waals surface area contributed by atoms with Crippen LogP contribution in [0.4, 0.5) is 0 Å². The smallest absolute Gasteiger partial charge is 0.305 e. The zero-order chi connectivity index (χ0) is 81.0. The largest absolute Gasteiger partial charge is 0.481 e. The first kappa shape index (κ1) is 93.0. The molecule has 32 N–H and O–H groups in total. The molecule has 1 aromatic carbocycles. The van der Waals surface area contributed by atoms with Gasteiger partial charge in [0.2, 0.25) is 82.7 Å². The standard InChI is InChI=1S/C66H112N24O18/c1-5-35(3)52(62(107)79-29-47(68)93)89-58(103)41(22-15-25-77-66(73)74)84-60(105)44(28-51(97)98)86-63(108)53(36(4)6-2)90-57(102)40(21-14-24-76-65(71)72)82-49(95)31-78-48(94)30-80-55(100)42(26-37-16-9-7-10-17-37)83-50(96)32-81-56(101)45(33-91)88-59(104)43(27-38-18-11-8-12-19-38)85-61(106)46(34-92)87-54(99)39(67)20-13-23-75-64(69)70/h8,11-12,18-19,35-37,39-46,52-53,91-92H,5-7,9-10,13-17,20-34,67H2,1-4H3,(H2,68,93)(H,78,94)(H,79,107)(H,80,100)(H,81,101)(H,82,95)(H,83,96)(H,84,105)(H,85,106)(H,86,108)(H,87,99)(H,88,104)(H,89,103)(H,90,102)(H,97,98)(H4,69,70,75)(H4,71,72,76)(H4,73,74,77)/t35-,36-,39-,40-,41-,42-,43-,44-,45-,46-,52-,53-/m0/s1. The summed E-state index contributed by atoms with van der Waals surface area (Å²) in [6.45, 7) is 1.88. The average molecular weight is 1530 g/mol. The van der Waals surface area contributed by atoms with Crippen molar-refractivity contribution in [2.24, 2.45) is 78.6 Å². The van der Waals surface area contributed by atoms with Gasteiger partial charge in [0.05, 0.1) is 51.9 Å². The molecule has 42 heteroatoms. The number of carbonyl (C=O) groups is 15. The van der Waals surface area contributed by atoms with E-state index in [9.17, 15) is 87.2 Å². The van der Waals surface area contributed by atoms with Crippen LogP contribution in [0.5, 0.6) is 0 Å². The van der Waals surface area contributed by atoms with Crippen LogP contribution in [0.3, 0.4) is 0 Å². The van der Waals surface area contributed by atoms with Gasteiger partial charge >= 0.3 is 5.97 Å². The number of hydrogen-bond donors (Lipinski definition) is 24. The number of primary amides is 1. The number of benzene rings is 1. The van der Waals surface area contributed by atoms with E-state index in [4.69, 9.17) is 45.9 Å². The lowest BCUT2D eigenvalue weighted by Crippen LogP contribution is -2.61. The zero-order valence-corrected chi connectivity index (χ0v) is 61.5. The van der Waals surface area contributed by atoms with Gasteiger partial charge in [0, 0.05) is 26.1 Å². The molecular weight excluding hydrogens is 1420 g/mol. The number of guanidine groups is 3. The van der Waals surface area contributed by atoms with Gasteiger partial charge in [-0.15, -0.1) is 0 Å². The Balaban J connectivity index is 2.26. The second kappa shape index (κ2) is 50.5. The SMILES string of the molecule is CC[C@H](C)[C@H](NC(=O)[C@H](CCCN=C(N)N)NC(=O)[C@H](CC(=O)O)NC(=O)[C@@H](NC(=O)[C@H](CCCN=C(N)N)NC(=O)CNC(=O)CNC(=O)[C@H](CC1CCCCC1)NC(=O)CNC(=O)[C@H](CO)NC(=O)[C@H](Cc1ccccc1)NC(=O)[C@H](CO)NC(=O)[C@@H](N)CCCN=C(N)N)[C@@H](C)CC)C(=O)NCC(N)=O. The van der Waals surface area contributed by atoms with Gasteiger partial charge in [-0.2, -0.15) is 0 Å². The van der Waals surface area contributed by atoms with Crippen LogP contribution in [0.1, 0.15) is 130 Å². The molecule has 0 unspecified atom stereocenters. The summed E-state index contributed by atoms with van der Waals surface area (Å²) in [5, 5.41) is 61.8. The van der Waals surface area contributed by atoms with Crippen molar-refractivity contribution in [1.29, 1.82) is 0 Å². The molecular formula is C66H112N24O18. The monoisotopic (exact) mass is 1530 g/mol. The first-order valence-electron chi connectivity index (χ1n) is 35.6. The van der Waals surface area contributed by atoms with E-state index < -0.39 is 207 Å². The first-order chi connectivity index (χ1) is 51.1. The van der Waals surface area contributed by atoms with Crippen molar-refractivity contribution in [3.63, 3.8) is 0 Å². The summed E-state index contributed by atoms with van der Waals surface area (Å²) in [5.74, 6) is -16.8. The Labute approximate surface area is 625 Å². The molecule has 1 aliphatic rings. The van der Waals surface area contributed by atoms with Gasteiger partial charge in [-0.25, -0.2) is 0 Å². The van der Waals surface area contributed by atoms with Gasteiger partial charge < -0.3 is 130 Å². The van der Waals surface area contributed by atoms with E-state index >= 15 is 0 Å². The van der Waals surface area contributed by atoms with Crippen LogP contribution in [0.25, 0.3) is 0 Å². The maximum atomic E-state index is 14.3. The Morgan fingerprint density at radius 2 is 0.833 bits per heavy atom. The van der Waals surface area contributed by atoms with Gasteiger partial charge in [-0.05, 0) is 68.3 Å². The molecule has 0 saturated heterocycles. The number of carboxylic acid groups (broad SMARTS) is 1. The molecule has 0 aliphatic heterocycles. The topological polar surface area (TPSA) is 718 Å². The molecule has 1 aromatic rings. The summed E-state index contributed by atoms with van der Waals surface area (Å²) in [4.78, 5) is 213. The lowest BCUT2D eigenvalue weighted by molar-refractivity contribution is -0.142. The first-order valence-corrected chi connectivity index (χ1v) is 35.6. The number of carbonyl (C=O) groups excluding carboxylic acids is 14. The second-order valence-electron chi connectivity index (χ2n) is 26.0. The number of aliphatic imine (C=N–C) groups is 3. The molecule has 108 heavy (non-hydrogen) atoms. The summed E-state index contributed by atoms with van der Waals surface area (Å²) in [6, 6.07) is -6.55. The van der Waals surface area contributed by atoms with Crippen molar-refractivity contribution in [2.75, 3.05) is 59.0 Å². The van der Waals surface area contributed by atoms with E-state index in [-0.39, 0.29) is 94.8 Å². The minimum Gasteiger partial charge on any atom is -0.481 e. The molecule has 0 spiro atoms. The minimum absolute atomic E-state index is 0.0332. The Morgan fingerprint density at radius 3 is 1.33 bits per heavy atom. The normalized spacial score (nSPS) is 15.2. The molecule has 0 radical (unpaired) electrons. The highest BCUT2D eigenvalue weighted by Crippen LogP contribution is 2.27. The lowest BCUT2D eigenvalue weighted by Gasteiger charge is -2.29. The van der Waals surface area contributed by atoms with Crippen molar-refractivity contribution in [3.8, 4) is 0 Å². The number of rotatable bonds is 51. The predicted molar refractivity (Wildman–Crippen MR) is 393 cm³/mol. The fraction of sp³-hybridized carbons (Fsp3) is 0.636. The molecule has 1 aliphatic carbocycles. The van der Waals surface area contributed by atoms with E-state index in [1.54, 1.807) is 58.0 Å². The third-order valence-electron chi connectivity index (χ3n) is 17.3. The Morgan fingerprint density at radius 1 is 0.435 bits per heavy atom. The van der Waals surface area contributed by atoms with Crippen LogP contribution in [0.15, 0.2) is 45.3 Å². The molecule has 604 valence electrons. The number of carboxylic acids is 1. The van der Waals surface area contributed by atoms with Crippen molar-refractivity contribution >= 4 is 107 Å². The summed E-state index contributed by atoms with van der Waals surface area (Å²) in [5.41, 5.74) is 44.3. The van der Waals surface area contributed by atoms with Crippen LogP contribution >= 0.6 is 0 Å². The van der Waals surface area contributed by atoms with Crippen LogP contribution in [-0.2, 0) is 78.3 Å². The van der Waals surface area contributed by atoms with Crippen LogP contribution in [-0.4, -0.2) is 241 Å². The van der Waals surface area contributed by atoms with Gasteiger partial charge in [-0.3, -0.25) is 86.9 Å². The van der Waals surface area contributed by atoms with Crippen molar-refractivity contribution < 1.29 is 87.2 Å². The van der Waals surface area contributed by atoms with E-state index in [1.165, 1.54) is 0 Å². The maximum absolute atomic E-state index is 14.3. The molecule has 2 rings (SSSR count).